The third kappa shape index (κ3) is 5.45. The number of ether oxygens (including phenoxy) is 1. The van der Waals surface area contributed by atoms with Gasteiger partial charge in [-0.3, -0.25) is 0 Å². The second-order valence-electron chi connectivity index (χ2n) is 6.99. The van der Waals surface area contributed by atoms with Gasteiger partial charge in [0.05, 0.1) is 12.7 Å². The third-order valence-corrected chi connectivity index (χ3v) is 4.68. The fraction of sp³-hybridized carbons (Fsp3) is 0.550. The number of methoxy groups -OCH3 is 1. The summed E-state index contributed by atoms with van der Waals surface area (Å²) in [6.07, 6.45) is 5.99. The molecule has 1 aromatic carbocycles. The van der Waals surface area contributed by atoms with Crippen LogP contribution in [0, 0.1) is 17.7 Å². The van der Waals surface area contributed by atoms with Crippen LogP contribution >= 0.6 is 0 Å². The van der Waals surface area contributed by atoms with E-state index >= 15 is 0 Å². The molecule has 0 bridgehead atoms. The number of halogens is 1. The molecular formula is C20H28FNO2. The molecule has 1 aliphatic carbocycles. The van der Waals surface area contributed by atoms with Gasteiger partial charge in [0.25, 0.3) is 0 Å². The summed E-state index contributed by atoms with van der Waals surface area (Å²) < 4.78 is 18.4. The summed E-state index contributed by atoms with van der Waals surface area (Å²) in [4.78, 5) is 11.4. The molecule has 0 aliphatic heterocycles. The molecule has 2 rings (SSSR count). The number of rotatable bonds is 7. The van der Waals surface area contributed by atoms with E-state index in [4.69, 9.17) is 0 Å². The molecule has 3 nitrogen and oxygen atoms in total. The highest BCUT2D eigenvalue weighted by Crippen LogP contribution is 2.34. The largest absolute Gasteiger partial charge is 0.465 e. The van der Waals surface area contributed by atoms with Gasteiger partial charge in [0, 0.05) is 6.54 Å². The molecule has 0 spiro atoms. The van der Waals surface area contributed by atoms with Crippen LogP contribution in [0.3, 0.4) is 0 Å². The fourth-order valence-electron chi connectivity index (χ4n) is 3.63. The third-order valence-electron chi connectivity index (χ3n) is 4.68. The van der Waals surface area contributed by atoms with Crippen LogP contribution in [0.25, 0.3) is 0 Å². The fourth-order valence-corrected chi connectivity index (χ4v) is 3.63. The Morgan fingerprint density at radius 1 is 1.42 bits per heavy atom. The molecule has 24 heavy (non-hydrogen) atoms. The Morgan fingerprint density at radius 2 is 2.21 bits per heavy atom. The van der Waals surface area contributed by atoms with Crippen molar-refractivity contribution in [2.45, 2.75) is 45.6 Å². The highest BCUT2D eigenvalue weighted by molar-refractivity contribution is 5.89. The van der Waals surface area contributed by atoms with E-state index in [9.17, 15) is 9.18 Å². The molecule has 2 unspecified atom stereocenters. The van der Waals surface area contributed by atoms with Gasteiger partial charge in [-0.25, -0.2) is 9.18 Å². The maximum Gasteiger partial charge on any atom is 0.340 e. The van der Waals surface area contributed by atoms with Gasteiger partial charge in [-0.1, -0.05) is 25.1 Å². The zero-order chi connectivity index (χ0) is 17.5. The summed E-state index contributed by atoms with van der Waals surface area (Å²) in [5, 5.41) is 3.35. The Kier molecular flexibility index (Phi) is 6.98. The van der Waals surface area contributed by atoms with Crippen LogP contribution in [0.5, 0.6) is 0 Å². The van der Waals surface area contributed by atoms with Crippen LogP contribution in [0.1, 0.15) is 54.9 Å². The van der Waals surface area contributed by atoms with Crippen molar-refractivity contribution in [1.82, 2.24) is 5.32 Å². The van der Waals surface area contributed by atoms with Crippen molar-refractivity contribution in [3.63, 3.8) is 0 Å². The van der Waals surface area contributed by atoms with E-state index in [0.717, 1.165) is 30.4 Å². The average molecular weight is 333 g/mol. The molecular weight excluding hydrogens is 305 g/mol. The molecule has 0 amide bonds. The predicted molar refractivity (Wildman–Crippen MR) is 94.3 cm³/mol. The van der Waals surface area contributed by atoms with E-state index in [1.807, 2.05) is 0 Å². The molecule has 1 N–H and O–H groups in total. The SMILES string of the molecule is C=C1CC(C)CC(CCCNCc2ccc(C(=O)OC)c(F)c2)C1. The first-order valence-corrected chi connectivity index (χ1v) is 8.73. The van der Waals surface area contributed by atoms with Crippen molar-refractivity contribution < 1.29 is 13.9 Å². The summed E-state index contributed by atoms with van der Waals surface area (Å²) in [6.45, 7) is 7.97. The zero-order valence-electron chi connectivity index (χ0n) is 14.7. The standard InChI is InChI=1S/C20H28FNO2/c1-14-9-15(2)11-16(10-14)5-4-8-22-13-17-6-7-18(19(21)12-17)20(23)24-3/h6-7,12,15-16,22H,1,4-5,8-11,13H2,2-3H3. The van der Waals surface area contributed by atoms with Crippen LogP contribution in [0.4, 0.5) is 4.39 Å². The maximum absolute atomic E-state index is 13.8. The van der Waals surface area contributed by atoms with Crippen LogP contribution < -0.4 is 5.32 Å². The number of benzene rings is 1. The number of hydrogen-bond donors (Lipinski definition) is 1. The molecule has 4 heteroatoms. The number of esters is 1. The van der Waals surface area contributed by atoms with Gasteiger partial charge >= 0.3 is 5.97 Å². The Morgan fingerprint density at radius 3 is 2.88 bits per heavy atom. The topological polar surface area (TPSA) is 38.3 Å². The van der Waals surface area contributed by atoms with Crippen molar-refractivity contribution in [1.29, 1.82) is 0 Å². The molecule has 2 atom stereocenters. The van der Waals surface area contributed by atoms with Crippen molar-refractivity contribution in [3.05, 3.63) is 47.3 Å². The quantitative estimate of drug-likeness (QED) is 0.454. The average Bonchev–Trinajstić information content (AvgIpc) is 2.53. The van der Waals surface area contributed by atoms with E-state index in [2.05, 4.69) is 23.6 Å². The van der Waals surface area contributed by atoms with E-state index < -0.39 is 11.8 Å². The molecule has 1 fully saturated rings. The number of nitrogens with one attached hydrogen (secondary N) is 1. The second kappa shape index (κ2) is 8.97. The number of hydrogen-bond acceptors (Lipinski definition) is 3. The van der Waals surface area contributed by atoms with Gasteiger partial charge in [0.2, 0.25) is 0 Å². The van der Waals surface area contributed by atoms with Crippen LogP contribution in [-0.4, -0.2) is 19.6 Å². The predicted octanol–water partition coefficient (Wildman–Crippen LogP) is 4.47. The Labute approximate surface area is 144 Å². The molecule has 1 aliphatic rings. The second-order valence-corrected chi connectivity index (χ2v) is 6.99. The first kappa shape index (κ1) is 18.7. The minimum absolute atomic E-state index is 0.0205. The summed E-state index contributed by atoms with van der Waals surface area (Å²) in [7, 11) is 1.25. The zero-order valence-corrected chi connectivity index (χ0v) is 14.7. The summed E-state index contributed by atoms with van der Waals surface area (Å²) in [5.41, 5.74) is 2.21. The summed E-state index contributed by atoms with van der Waals surface area (Å²) >= 11 is 0. The van der Waals surface area contributed by atoms with Gasteiger partial charge < -0.3 is 10.1 Å². The molecule has 0 heterocycles. The lowest BCUT2D eigenvalue weighted by molar-refractivity contribution is 0.0595. The van der Waals surface area contributed by atoms with Crippen molar-refractivity contribution in [2.24, 2.45) is 11.8 Å². The number of carbonyl (C=O) groups is 1. The molecule has 132 valence electrons. The number of carbonyl (C=O) groups excluding carboxylic acids is 1. The summed E-state index contributed by atoms with van der Waals surface area (Å²) in [6, 6.07) is 4.63. The highest BCUT2D eigenvalue weighted by Gasteiger charge is 2.20. The van der Waals surface area contributed by atoms with E-state index in [-0.39, 0.29) is 5.56 Å². The smallest absolute Gasteiger partial charge is 0.340 e. The van der Waals surface area contributed by atoms with Gasteiger partial charge in [-0.15, -0.1) is 0 Å². The Bertz CT molecular complexity index is 585. The molecule has 0 aromatic heterocycles. The molecule has 1 aromatic rings. The van der Waals surface area contributed by atoms with Crippen LogP contribution in [0.15, 0.2) is 30.4 Å². The highest BCUT2D eigenvalue weighted by atomic mass is 19.1. The van der Waals surface area contributed by atoms with Crippen molar-refractivity contribution >= 4 is 5.97 Å². The molecule has 1 saturated carbocycles. The lowest BCUT2D eigenvalue weighted by Gasteiger charge is -2.28. The minimum atomic E-state index is -0.643. The van der Waals surface area contributed by atoms with E-state index in [0.29, 0.717) is 6.54 Å². The molecule has 0 saturated heterocycles. The van der Waals surface area contributed by atoms with E-state index in [1.54, 1.807) is 6.07 Å². The van der Waals surface area contributed by atoms with Crippen LogP contribution in [0.2, 0.25) is 0 Å². The Hall–Kier alpha value is -1.68. The normalized spacial score (nSPS) is 20.9. The maximum atomic E-state index is 13.8. The minimum Gasteiger partial charge on any atom is -0.465 e. The Balaban J connectivity index is 1.70. The first-order valence-electron chi connectivity index (χ1n) is 8.73. The van der Waals surface area contributed by atoms with E-state index in [1.165, 1.54) is 50.5 Å². The number of allylic oxidation sites excluding steroid dienone is 1. The monoisotopic (exact) mass is 333 g/mol. The lowest BCUT2D eigenvalue weighted by atomic mass is 9.78. The summed E-state index contributed by atoms with van der Waals surface area (Å²) in [5.74, 6) is 0.353. The van der Waals surface area contributed by atoms with Gasteiger partial charge in [0.15, 0.2) is 0 Å². The lowest BCUT2D eigenvalue weighted by Crippen LogP contribution is -2.19. The molecule has 0 radical (unpaired) electrons. The van der Waals surface area contributed by atoms with Crippen molar-refractivity contribution in [3.8, 4) is 0 Å². The first-order chi connectivity index (χ1) is 11.5. The van der Waals surface area contributed by atoms with Gasteiger partial charge in [0.1, 0.15) is 5.82 Å². The van der Waals surface area contributed by atoms with Crippen molar-refractivity contribution in [2.75, 3.05) is 13.7 Å². The van der Waals surface area contributed by atoms with Crippen LogP contribution in [-0.2, 0) is 11.3 Å². The van der Waals surface area contributed by atoms with Gasteiger partial charge in [-0.05, 0) is 68.2 Å². The van der Waals surface area contributed by atoms with Gasteiger partial charge in [-0.2, -0.15) is 0 Å².